The van der Waals surface area contributed by atoms with Crippen LogP contribution in [0.1, 0.15) is 61.9 Å². The van der Waals surface area contributed by atoms with Crippen LogP contribution in [0.4, 0.5) is 0 Å². The summed E-state index contributed by atoms with van der Waals surface area (Å²) in [6, 6.07) is 16.7. The summed E-state index contributed by atoms with van der Waals surface area (Å²) in [4.78, 5) is 18.4. The predicted octanol–water partition coefficient (Wildman–Crippen LogP) is 8.37. The van der Waals surface area contributed by atoms with E-state index in [2.05, 4.69) is 21.0 Å². The number of para-hydroxylation sites is 1. The minimum Gasteiger partial charge on any atom is -0.490 e. The summed E-state index contributed by atoms with van der Waals surface area (Å²) >= 11 is 16.7. The maximum absolute atomic E-state index is 13.6. The largest absolute Gasteiger partial charge is 0.490 e. The van der Waals surface area contributed by atoms with Crippen LogP contribution in [0.2, 0.25) is 10.0 Å². The first-order valence-corrected chi connectivity index (χ1v) is 14.6. The van der Waals surface area contributed by atoms with Crippen molar-refractivity contribution in [2.45, 2.75) is 51.6 Å². The number of halogens is 3. The number of aromatic nitrogens is 2. The first-order chi connectivity index (χ1) is 19.0. The molecule has 1 aromatic heterocycles. The minimum absolute atomic E-state index is 0.180. The quantitative estimate of drug-likeness (QED) is 0.184. The molecule has 4 aromatic rings. The third kappa shape index (κ3) is 6.01. The molecule has 39 heavy (non-hydrogen) atoms. The van der Waals surface area contributed by atoms with Crippen LogP contribution < -0.4 is 15.0 Å². The SMILES string of the molecule is CCOc1cc(C=Nn2c(C3CCCCC3)nc3ccccc3c2=O)c(Br)c(Cl)c1OCc1ccccc1Cl. The Morgan fingerprint density at radius 3 is 2.59 bits per heavy atom. The Balaban J connectivity index is 1.54. The molecule has 9 heteroatoms. The van der Waals surface area contributed by atoms with Crippen LogP contribution in [0.25, 0.3) is 10.9 Å². The Hall–Kier alpha value is -2.87. The minimum atomic E-state index is -0.190. The van der Waals surface area contributed by atoms with Crippen LogP contribution in [0.3, 0.4) is 0 Å². The molecule has 202 valence electrons. The monoisotopic (exact) mass is 627 g/mol. The van der Waals surface area contributed by atoms with E-state index in [1.54, 1.807) is 18.3 Å². The number of hydrogen-bond acceptors (Lipinski definition) is 5. The molecule has 0 atom stereocenters. The molecule has 0 N–H and O–H groups in total. The number of ether oxygens (including phenoxy) is 2. The van der Waals surface area contributed by atoms with Gasteiger partial charge in [-0.1, -0.05) is 72.8 Å². The van der Waals surface area contributed by atoms with Gasteiger partial charge in [0.2, 0.25) is 0 Å². The molecule has 0 unspecified atom stereocenters. The highest BCUT2D eigenvalue weighted by Gasteiger charge is 2.23. The molecule has 1 saturated carbocycles. The van der Waals surface area contributed by atoms with Crippen molar-refractivity contribution in [2.24, 2.45) is 5.10 Å². The maximum Gasteiger partial charge on any atom is 0.282 e. The number of rotatable bonds is 8. The number of benzene rings is 3. The zero-order chi connectivity index (χ0) is 27.4. The molecular weight excluding hydrogens is 601 g/mol. The smallest absolute Gasteiger partial charge is 0.282 e. The molecule has 0 bridgehead atoms. The lowest BCUT2D eigenvalue weighted by Crippen LogP contribution is -2.25. The molecule has 1 heterocycles. The van der Waals surface area contributed by atoms with Crippen molar-refractivity contribution in [2.75, 3.05) is 6.61 Å². The molecule has 1 aliphatic rings. The van der Waals surface area contributed by atoms with Gasteiger partial charge in [-0.15, -0.1) is 0 Å². The molecule has 0 radical (unpaired) electrons. The molecular formula is C30H28BrCl2N3O3. The van der Waals surface area contributed by atoms with Crippen LogP contribution in [0, 0.1) is 0 Å². The first-order valence-electron chi connectivity index (χ1n) is 13.0. The lowest BCUT2D eigenvalue weighted by molar-refractivity contribution is 0.269. The average Bonchev–Trinajstić information content (AvgIpc) is 2.96. The average molecular weight is 629 g/mol. The normalized spacial score (nSPS) is 14.3. The molecule has 0 spiro atoms. The van der Waals surface area contributed by atoms with Crippen molar-refractivity contribution in [3.63, 3.8) is 0 Å². The zero-order valence-electron chi connectivity index (χ0n) is 21.5. The van der Waals surface area contributed by atoms with E-state index < -0.39 is 0 Å². The van der Waals surface area contributed by atoms with Gasteiger partial charge in [0.25, 0.3) is 5.56 Å². The molecule has 0 aliphatic heterocycles. The van der Waals surface area contributed by atoms with Gasteiger partial charge in [0.15, 0.2) is 11.5 Å². The summed E-state index contributed by atoms with van der Waals surface area (Å²) in [7, 11) is 0. The van der Waals surface area contributed by atoms with Crippen LogP contribution in [0.5, 0.6) is 11.5 Å². The summed E-state index contributed by atoms with van der Waals surface area (Å²) in [6.45, 7) is 2.53. The standard InChI is InChI=1S/C30H28BrCl2N3O3/c1-2-38-25-16-21(26(31)27(33)28(25)39-18-20-12-6-8-14-23(20)32)17-34-36-29(19-10-4-3-5-11-19)35-24-15-9-7-13-22(24)30(36)37/h6-9,12-17,19H,2-5,10-11,18H2,1H3. The van der Waals surface area contributed by atoms with Crippen LogP contribution in [-0.2, 0) is 6.61 Å². The molecule has 1 fully saturated rings. The summed E-state index contributed by atoms with van der Waals surface area (Å²) in [5.74, 6) is 1.74. The van der Waals surface area contributed by atoms with Crippen molar-refractivity contribution in [1.82, 2.24) is 9.66 Å². The van der Waals surface area contributed by atoms with Crippen molar-refractivity contribution >= 4 is 56.2 Å². The third-order valence-corrected chi connectivity index (χ3v) is 8.66. The molecule has 5 rings (SSSR count). The fraction of sp³-hybridized carbons (Fsp3) is 0.300. The summed E-state index contributed by atoms with van der Waals surface area (Å²) in [6.07, 6.45) is 7.02. The van der Waals surface area contributed by atoms with Crippen molar-refractivity contribution in [1.29, 1.82) is 0 Å². The lowest BCUT2D eigenvalue weighted by atomic mass is 9.88. The van der Waals surface area contributed by atoms with E-state index in [1.807, 2.05) is 49.4 Å². The number of fused-ring (bicyclic) bond motifs is 1. The van der Waals surface area contributed by atoms with Gasteiger partial charge in [-0.2, -0.15) is 9.78 Å². The first kappa shape index (κ1) is 27.7. The molecule has 3 aromatic carbocycles. The van der Waals surface area contributed by atoms with Gasteiger partial charge in [-0.05, 0) is 60.0 Å². The summed E-state index contributed by atoms with van der Waals surface area (Å²) < 4.78 is 14.0. The Bertz CT molecular complexity index is 1580. The van der Waals surface area contributed by atoms with Crippen molar-refractivity contribution < 1.29 is 9.47 Å². The van der Waals surface area contributed by atoms with Gasteiger partial charge in [-0.3, -0.25) is 4.79 Å². The molecule has 0 saturated heterocycles. The van der Waals surface area contributed by atoms with Crippen LogP contribution in [0.15, 0.2) is 69.0 Å². The topological polar surface area (TPSA) is 65.7 Å². The van der Waals surface area contributed by atoms with E-state index in [0.717, 1.165) is 31.2 Å². The second-order valence-electron chi connectivity index (χ2n) is 9.42. The summed E-state index contributed by atoms with van der Waals surface area (Å²) in [5, 5.41) is 6.13. The molecule has 0 amide bonds. The number of hydrogen-bond donors (Lipinski definition) is 0. The second kappa shape index (κ2) is 12.5. The third-order valence-electron chi connectivity index (χ3n) is 6.85. The van der Waals surface area contributed by atoms with Crippen LogP contribution in [-0.4, -0.2) is 22.5 Å². The van der Waals surface area contributed by atoms with Gasteiger partial charge >= 0.3 is 0 Å². The zero-order valence-corrected chi connectivity index (χ0v) is 24.6. The second-order valence-corrected chi connectivity index (χ2v) is 11.0. The Morgan fingerprint density at radius 1 is 1.08 bits per heavy atom. The van der Waals surface area contributed by atoms with Crippen molar-refractivity contribution in [3.05, 3.63) is 96.4 Å². The van der Waals surface area contributed by atoms with Gasteiger partial charge in [0.05, 0.1) is 23.7 Å². The van der Waals surface area contributed by atoms with Gasteiger partial charge in [-0.25, -0.2) is 4.98 Å². The lowest BCUT2D eigenvalue weighted by Gasteiger charge is -2.22. The van der Waals surface area contributed by atoms with E-state index >= 15 is 0 Å². The highest BCUT2D eigenvalue weighted by atomic mass is 79.9. The van der Waals surface area contributed by atoms with E-state index in [-0.39, 0.29) is 18.1 Å². The van der Waals surface area contributed by atoms with Gasteiger partial charge < -0.3 is 9.47 Å². The summed E-state index contributed by atoms with van der Waals surface area (Å²) in [5.41, 5.74) is 1.97. The van der Waals surface area contributed by atoms with Gasteiger partial charge in [0, 0.05) is 26.5 Å². The Kier molecular flexibility index (Phi) is 8.90. The van der Waals surface area contributed by atoms with Crippen LogP contribution >= 0.6 is 39.1 Å². The van der Waals surface area contributed by atoms with E-state index in [4.69, 9.17) is 37.7 Å². The fourth-order valence-electron chi connectivity index (χ4n) is 4.86. The van der Waals surface area contributed by atoms with E-state index in [9.17, 15) is 4.79 Å². The predicted molar refractivity (Wildman–Crippen MR) is 161 cm³/mol. The highest BCUT2D eigenvalue weighted by molar-refractivity contribution is 9.10. The molecule has 6 nitrogen and oxygen atoms in total. The fourth-order valence-corrected chi connectivity index (χ4v) is 5.70. The highest BCUT2D eigenvalue weighted by Crippen LogP contribution is 2.43. The molecule has 1 aliphatic carbocycles. The Labute approximate surface area is 245 Å². The maximum atomic E-state index is 13.6. The Morgan fingerprint density at radius 2 is 1.82 bits per heavy atom. The van der Waals surface area contributed by atoms with E-state index in [1.165, 1.54) is 11.1 Å². The number of nitrogens with zero attached hydrogens (tertiary/aromatic N) is 3. The van der Waals surface area contributed by atoms with E-state index in [0.29, 0.717) is 54.9 Å². The van der Waals surface area contributed by atoms with Crippen molar-refractivity contribution in [3.8, 4) is 11.5 Å². The van der Waals surface area contributed by atoms with Gasteiger partial charge in [0.1, 0.15) is 17.5 Å².